The Bertz CT molecular complexity index is 368. The van der Waals surface area contributed by atoms with Gasteiger partial charge in [-0.1, -0.05) is 58.0 Å². The number of benzene rings is 1. The molecule has 1 atom stereocenters. The minimum atomic E-state index is -0.793. The lowest BCUT2D eigenvalue weighted by molar-refractivity contribution is -0.00343. The minimum Gasteiger partial charge on any atom is -0.384 e. The lowest BCUT2D eigenvalue weighted by Crippen LogP contribution is -2.45. The molecule has 1 N–H and O–H groups in total. The maximum Gasteiger partial charge on any atom is 0.0994 e. The Balaban J connectivity index is 2.87. The van der Waals surface area contributed by atoms with E-state index in [-0.39, 0.29) is 0 Å². The van der Waals surface area contributed by atoms with Gasteiger partial charge in [0.25, 0.3) is 0 Å². The summed E-state index contributed by atoms with van der Waals surface area (Å²) in [6.45, 7) is 12.6. The Kier molecular flexibility index (Phi) is 6.70. The van der Waals surface area contributed by atoms with Gasteiger partial charge in [0.05, 0.1) is 5.60 Å². The smallest absolute Gasteiger partial charge is 0.0994 e. The van der Waals surface area contributed by atoms with Gasteiger partial charge in [-0.15, -0.1) is 0 Å². The van der Waals surface area contributed by atoms with Crippen molar-refractivity contribution in [2.75, 3.05) is 13.1 Å². The van der Waals surface area contributed by atoms with E-state index in [2.05, 4.69) is 32.6 Å². The van der Waals surface area contributed by atoms with Crippen molar-refractivity contribution in [1.29, 1.82) is 0 Å². The second-order valence-corrected chi connectivity index (χ2v) is 6.43. The van der Waals surface area contributed by atoms with E-state index in [4.69, 9.17) is 0 Å². The zero-order valence-corrected chi connectivity index (χ0v) is 13.8. The molecule has 1 aromatic rings. The maximum absolute atomic E-state index is 10.9. The highest BCUT2D eigenvalue weighted by Gasteiger charge is 2.29. The third kappa shape index (κ3) is 4.92. The van der Waals surface area contributed by atoms with E-state index in [9.17, 15) is 5.11 Å². The minimum absolute atomic E-state index is 0.549. The first-order valence-corrected chi connectivity index (χ1v) is 7.92. The Morgan fingerprint density at radius 2 is 1.65 bits per heavy atom. The van der Waals surface area contributed by atoms with Crippen LogP contribution in [0, 0.1) is 5.92 Å². The largest absolute Gasteiger partial charge is 0.384 e. The molecule has 0 radical (unpaired) electrons. The van der Waals surface area contributed by atoms with Gasteiger partial charge in [-0.25, -0.2) is 0 Å². The summed E-state index contributed by atoms with van der Waals surface area (Å²) in [5.41, 5.74) is 0.207. The molecule has 114 valence electrons. The van der Waals surface area contributed by atoms with Crippen LogP contribution < -0.4 is 0 Å². The van der Waals surface area contributed by atoms with Crippen molar-refractivity contribution in [1.82, 2.24) is 4.90 Å². The molecule has 20 heavy (non-hydrogen) atoms. The number of rotatable bonds is 8. The standard InChI is InChI=1S/C18H31NO/c1-6-17(7-2)19(13-15(3)4)14-18(5,20)16-11-9-8-10-12-16/h8-12,15,17,20H,6-7,13-14H2,1-5H3. The summed E-state index contributed by atoms with van der Waals surface area (Å²) in [6.07, 6.45) is 2.27. The average molecular weight is 277 g/mol. The van der Waals surface area contributed by atoms with E-state index in [1.54, 1.807) is 0 Å². The average Bonchev–Trinajstić information content (AvgIpc) is 2.40. The number of aliphatic hydroxyl groups is 1. The zero-order valence-electron chi connectivity index (χ0n) is 13.8. The Morgan fingerprint density at radius 1 is 1.10 bits per heavy atom. The molecule has 1 rings (SSSR count). The first-order valence-electron chi connectivity index (χ1n) is 7.92. The SMILES string of the molecule is CCC(CC)N(CC(C)C)CC(C)(O)c1ccccc1. The number of hydrogen-bond donors (Lipinski definition) is 1. The van der Waals surface area contributed by atoms with E-state index in [1.165, 1.54) is 0 Å². The third-order valence-electron chi connectivity index (χ3n) is 3.97. The van der Waals surface area contributed by atoms with Gasteiger partial charge in [0.2, 0.25) is 0 Å². The van der Waals surface area contributed by atoms with Crippen molar-refractivity contribution in [2.24, 2.45) is 5.92 Å². The van der Waals surface area contributed by atoms with Gasteiger partial charge < -0.3 is 5.11 Å². The Labute approximate surface area is 124 Å². The van der Waals surface area contributed by atoms with Gasteiger partial charge in [0.15, 0.2) is 0 Å². The highest BCUT2D eigenvalue weighted by Crippen LogP contribution is 2.24. The predicted octanol–water partition coefficient (Wildman–Crippen LogP) is 4.04. The second-order valence-electron chi connectivity index (χ2n) is 6.43. The van der Waals surface area contributed by atoms with Crippen LogP contribution in [-0.4, -0.2) is 29.1 Å². The predicted molar refractivity (Wildman–Crippen MR) is 86.8 cm³/mol. The molecule has 0 spiro atoms. The molecule has 0 aliphatic rings. The van der Waals surface area contributed by atoms with Crippen molar-refractivity contribution in [2.45, 2.75) is 59.1 Å². The fourth-order valence-electron chi connectivity index (χ4n) is 2.90. The summed E-state index contributed by atoms with van der Waals surface area (Å²) in [7, 11) is 0. The van der Waals surface area contributed by atoms with Crippen LogP contribution in [0.1, 0.15) is 53.0 Å². The van der Waals surface area contributed by atoms with Crippen LogP contribution in [-0.2, 0) is 5.60 Å². The van der Waals surface area contributed by atoms with Crippen molar-refractivity contribution in [3.63, 3.8) is 0 Å². The van der Waals surface area contributed by atoms with E-state index in [1.807, 2.05) is 37.3 Å². The third-order valence-corrected chi connectivity index (χ3v) is 3.97. The van der Waals surface area contributed by atoms with Crippen LogP contribution in [0.5, 0.6) is 0 Å². The summed E-state index contributed by atoms with van der Waals surface area (Å²) in [5.74, 6) is 0.613. The van der Waals surface area contributed by atoms with Crippen LogP contribution in [0.15, 0.2) is 30.3 Å². The molecule has 1 aromatic carbocycles. The van der Waals surface area contributed by atoms with Gasteiger partial charge in [-0.3, -0.25) is 4.90 Å². The summed E-state index contributed by atoms with van der Waals surface area (Å²) in [6, 6.07) is 10.6. The molecule has 2 nitrogen and oxygen atoms in total. The van der Waals surface area contributed by atoms with Gasteiger partial charge in [0, 0.05) is 19.1 Å². The molecule has 0 bridgehead atoms. The summed E-state index contributed by atoms with van der Waals surface area (Å²) < 4.78 is 0. The van der Waals surface area contributed by atoms with Gasteiger partial charge in [-0.2, -0.15) is 0 Å². The van der Waals surface area contributed by atoms with Crippen LogP contribution in [0.2, 0.25) is 0 Å². The summed E-state index contributed by atoms with van der Waals surface area (Å²) in [4.78, 5) is 2.46. The quantitative estimate of drug-likeness (QED) is 0.775. The zero-order chi connectivity index (χ0) is 15.2. The first kappa shape index (κ1) is 17.2. The molecule has 1 unspecified atom stereocenters. The number of hydrogen-bond acceptors (Lipinski definition) is 2. The normalized spacial score (nSPS) is 15.1. The molecule has 0 aliphatic heterocycles. The van der Waals surface area contributed by atoms with Crippen LogP contribution in [0.25, 0.3) is 0 Å². The van der Waals surface area contributed by atoms with Crippen molar-refractivity contribution in [3.8, 4) is 0 Å². The molecule has 0 aliphatic carbocycles. The molecule has 0 fully saturated rings. The summed E-state index contributed by atoms with van der Waals surface area (Å²) in [5, 5.41) is 10.9. The molecule has 0 aromatic heterocycles. The first-order chi connectivity index (χ1) is 9.40. The Hall–Kier alpha value is -0.860. The fourth-order valence-corrected chi connectivity index (χ4v) is 2.90. The number of nitrogens with zero attached hydrogens (tertiary/aromatic N) is 1. The van der Waals surface area contributed by atoms with Crippen molar-refractivity contribution in [3.05, 3.63) is 35.9 Å². The molecular weight excluding hydrogens is 246 g/mol. The van der Waals surface area contributed by atoms with Crippen LogP contribution in [0.3, 0.4) is 0 Å². The van der Waals surface area contributed by atoms with E-state index < -0.39 is 5.60 Å². The van der Waals surface area contributed by atoms with Crippen molar-refractivity contribution >= 4 is 0 Å². The van der Waals surface area contributed by atoms with Crippen LogP contribution >= 0.6 is 0 Å². The highest BCUT2D eigenvalue weighted by atomic mass is 16.3. The topological polar surface area (TPSA) is 23.5 Å². The molecule has 0 amide bonds. The Morgan fingerprint density at radius 3 is 2.10 bits per heavy atom. The van der Waals surface area contributed by atoms with Crippen LogP contribution in [0.4, 0.5) is 0 Å². The highest BCUT2D eigenvalue weighted by molar-refractivity contribution is 5.21. The van der Waals surface area contributed by atoms with E-state index >= 15 is 0 Å². The van der Waals surface area contributed by atoms with Gasteiger partial charge in [0.1, 0.15) is 0 Å². The van der Waals surface area contributed by atoms with Gasteiger partial charge >= 0.3 is 0 Å². The molecule has 0 saturated carbocycles. The monoisotopic (exact) mass is 277 g/mol. The second kappa shape index (κ2) is 7.80. The molecule has 0 saturated heterocycles. The van der Waals surface area contributed by atoms with E-state index in [0.717, 1.165) is 24.9 Å². The van der Waals surface area contributed by atoms with Crippen molar-refractivity contribution < 1.29 is 5.11 Å². The lowest BCUT2D eigenvalue weighted by atomic mass is 9.93. The fraction of sp³-hybridized carbons (Fsp3) is 0.667. The summed E-state index contributed by atoms with van der Waals surface area (Å²) >= 11 is 0. The van der Waals surface area contributed by atoms with E-state index in [0.29, 0.717) is 18.5 Å². The molecule has 2 heteroatoms. The maximum atomic E-state index is 10.9. The lowest BCUT2D eigenvalue weighted by Gasteiger charge is -2.37. The molecule has 0 heterocycles. The molecular formula is C18H31NO. The van der Waals surface area contributed by atoms with Gasteiger partial charge in [-0.05, 0) is 31.2 Å².